The van der Waals surface area contributed by atoms with Crippen LogP contribution in [0.5, 0.6) is 11.5 Å². The van der Waals surface area contributed by atoms with Gasteiger partial charge in [0.1, 0.15) is 11.5 Å². The van der Waals surface area contributed by atoms with Crippen molar-refractivity contribution < 1.29 is 18.7 Å². The van der Waals surface area contributed by atoms with Crippen LogP contribution in [-0.2, 0) is 12.8 Å². The Morgan fingerprint density at radius 3 is 2.61 bits per heavy atom. The molecule has 0 radical (unpaired) electrons. The molecule has 6 heteroatoms. The van der Waals surface area contributed by atoms with Gasteiger partial charge in [0.25, 0.3) is 5.91 Å². The minimum Gasteiger partial charge on any atom is -0.493 e. The maximum atomic E-state index is 13.0. The molecule has 0 fully saturated rings. The van der Waals surface area contributed by atoms with Crippen LogP contribution in [0.25, 0.3) is 0 Å². The highest BCUT2D eigenvalue weighted by Gasteiger charge is 2.30. The Balaban J connectivity index is 1.62. The van der Waals surface area contributed by atoms with Crippen LogP contribution >= 0.6 is 0 Å². The van der Waals surface area contributed by atoms with E-state index in [-0.39, 0.29) is 11.4 Å². The summed E-state index contributed by atoms with van der Waals surface area (Å²) in [5.41, 5.74) is 7.75. The van der Waals surface area contributed by atoms with Gasteiger partial charge in [0.05, 0.1) is 14.2 Å². The maximum absolute atomic E-state index is 13.0. The Labute approximate surface area is 166 Å². The molecule has 0 saturated heterocycles. The van der Waals surface area contributed by atoms with E-state index in [1.807, 2.05) is 36.9 Å². The van der Waals surface area contributed by atoms with Crippen molar-refractivity contribution in [2.45, 2.75) is 45.1 Å². The van der Waals surface area contributed by atoms with Crippen LogP contribution in [0.1, 0.15) is 47.2 Å². The lowest BCUT2D eigenvalue weighted by atomic mass is 9.91. The molecule has 0 spiro atoms. The number of aryl methyl sites for hydroxylation is 2. The van der Waals surface area contributed by atoms with Gasteiger partial charge < -0.3 is 24.5 Å². The second-order valence-corrected chi connectivity index (χ2v) is 7.79. The smallest absolute Gasteiger partial charge is 0.254 e. The molecule has 1 aromatic carbocycles. The minimum absolute atomic E-state index is 0.0275. The number of hydrogen-bond acceptors (Lipinski definition) is 5. The quantitative estimate of drug-likeness (QED) is 0.753. The van der Waals surface area contributed by atoms with Crippen molar-refractivity contribution in [1.29, 1.82) is 0 Å². The summed E-state index contributed by atoms with van der Waals surface area (Å²) in [6.45, 7) is 5.27. The van der Waals surface area contributed by atoms with Gasteiger partial charge >= 0.3 is 0 Å². The van der Waals surface area contributed by atoms with Crippen molar-refractivity contribution in [2.75, 3.05) is 27.3 Å². The fourth-order valence-electron chi connectivity index (χ4n) is 3.72. The number of amides is 1. The number of nitrogens with two attached hydrogens (primary N) is 1. The number of ether oxygens (including phenoxy) is 2. The Hall–Kier alpha value is -2.47. The van der Waals surface area contributed by atoms with E-state index in [1.165, 1.54) is 0 Å². The number of carbonyl (C=O) groups excluding carboxylic acids is 1. The average Bonchev–Trinajstić information content (AvgIpc) is 3.10. The summed E-state index contributed by atoms with van der Waals surface area (Å²) in [5.74, 6) is 3.21. The molecule has 28 heavy (non-hydrogen) atoms. The lowest BCUT2D eigenvalue weighted by molar-refractivity contribution is 0.0725. The summed E-state index contributed by atoms with van der Waals surface area (Å²) >= 11 is 0. The molecule has 2 N–H and O–H groups in total. The van der Waals surface area contributed by atoms with E-state index in [2.05, 4.69) is 0 Å². The molecule has 3 rings (SSSR count). The third kappa shape index (κ3) is 4.33. The zero-order chi connectivity index (χ0) is 20.3. The molecule has 2 heterocycles. The Kier molecular flexibility index (Phi) is 5.98. The zero-order valence-corrected chi connectivity index (χ0v) is 17.2. The third-order valence-electron chi connectivity index (χ3n) is 5.49. The zero-order valence-electron chi connectivity index (χ0n) is 17.2. The first-order valence-electron chi connectivity index (χ1n) is 9.72. The number of methoxy groups -OCH3 is 2. The van der Waals surface area contributed by atoms with Crippen molar-refractivity contribution in [3.8, 4) is 11.5 Å². The lowest BCUT2D eigenvalue weighted by Crippen LogP contribution is -2.44. The van der Waals surface area contributed by atoms with Crippen LogP contribution in [-0.4, -0.2) is 43.7 Å². The van der Waals surface area contributed by atoms with Gasteiger partial charge in [-0.05, 0) is 57.4 Å². The highest BCUT2D eigenvalue weighted by Crippen LogP contribution is 2.36. The van der Waals surface area contributed by atoms with Gasteiger partial charge in [-0.2, -0.15) is 0 Å². The summed E-state index contributed by atoms with van der Waals surface area (Å²) in [7, 11) is 3.21. The van der Waals surface area contributed by atoms with Crippen molar-refractivity contribution in [2.24, 2.45) is 5.73 Å². The van der Waals surface area contributed by atoms with Crippen LogP contribution in [0.3, 0.4) is 0 Å². The van der Waals surface area contributed by atoms with E-state index in [0.717, 1.165) is 42.8 Å². The molecule has 0 bridgehead atoms. The topological polar surface area (TPSA) is 77.9 Å². The highest BCUT2D eigenvalue weighted by atomic mass is 16.5. The highest BCUT2D eigenvalue weighted by molar-refractivity contribution is 5.97. The van der Waals surface area contributed by atoms with Crippen molar-refractivity contribution in [3.05, 3.63) is 46.9 Å². The van der Waals surface area contributed by atoms with Gasteiger partial charge in [-0.25, -0.2) is 0 Å². The maximum Gasteiger partial charge on any atom is 0.254 e. The molecule has 0 saturated carbocycles. The summed E-state index contributed by atoms with van der Waals surface area (Å²) in [6, 6.07) is 7.58. The lowest BCUT2D eigenvalue weighted by Gasteiger charge is -2.33. The number of benzene rings is 1. The van der Waals surface area contributed by atoms with Crippen molar-refractivity contribution in [3.63, 3.8) is 0 Å². The SMILES string of the molecule is COc1ccc2c(c1OC)CCN(CCC(C)(N)CCc1ccc(C)o1)C2=O. The molecule has 1 atom stereocenters. The molecule has 1 aliphatic rings. The van der Waals surface area contributed by atoms with Gasteiger partial charge in [-0.3, -0.25) is 4.79 Å². The third-order valence-corrected chi connectivity index (χ3v) is 5.49. The first kappa shape index (κ1) is 20.3. The Morgan fingerprint density at radius 1 is 1.18 bits per heavy atom. The normalized spacial score (nSPS) is 15.9. The molecular formula is C22H30N2O4. The van der Waals surface area contributed by atoms with Crippen molar-refractivity contribution in [1.82, 2.24) is 4.90 Å². The Morgan fingerprint density at radius 2 is 1.96 bits per heavy atom. The monoisotopic (exact) mass is 386 g/mol. The number of furan rings is 1. The van der Waals surface area contributed by atoms with E-state index in [4.69, 9.17) is 19.6 Å². The molecule has 1 amide bonds. The van der Waals surface area contributed by atoms with Gasteiger partial charge in [0, 0.05) is 36.2 Å². The van der Waals surface area contributed by atoms with Crippen LogP contribution in [0.15, 0.2) is 28.7 Å². The van der Waals surface area contributed by atoms with Crippen LogP contribution < -0.4 is 15.2 Å². The summed E-state index contributed by atoms with van der Waals surface area (Å²) in [5, 5.41) is 0. The molecule has 1 aliphatic heterocycles. The second-order valence-electron chi connectivity index (χ2n) is 7.79. The second kappa shape index (κ2) is 8.27. The molecular weight excluding hydrogens is 356 g/mol. The van der Waals surface area contributed by atoms with E-state index >= 15 is 0 Å². The molecule has 152 valence electrons. The molecule has 1 unspecified atom stereocenters. The average molecular weight is 386 g/mol. The standard InChI is InChI=1S/C22H30N2O4/c1-15-5-6-16(28-15)9-11-22(2,23)12-14-24-13-10-17-18(21(24)25)7-8-19(26-3)20(17)27-4/h5-8H,9-14,23H2,1-4H3. The first-order chi connectivity index (χ1) is 13.3. The largest absolute Gasteiger partial charge is 0.493 e. The van der Waals surface area contributed by atoms with Gasteiger partial charge in [-0.15, -0.1) is 0 Å². The molecule has 6 nitrogen and oxygen atoms in total. The number of nitrogens with zero attached hydrogens (tertiary/aromatic N) is 1. The Bertz CT molecular complexity index is 841. The number of hydrogen-bond donors (Lipinski definition) is 1. The summed E-state index contributed by atoms with van der Waals surface area (Å²) in [6.07, 6.45) is 3.09. The molecule has 0 aliphatic carbocycles. The van der Waals surface area contributed by atoms with Gasteiger partial charge in [0.15, 0.2) is 11.5 Å². The predicted molar refractivity (Wildman–Crippen MR) is 108 cm³/mol. The summed E-state index contributed by atoms with van der Waals surface area (Å²) < 4.78 is 16.5. The number of carbonyl (C=O) groups is 1. The van der Waals surface area contributed by atoms with Crippen molar-refractivity contribution >= 4 is 5.91 Å². The van der Waals surface area contributed by atoms with Gasteiger partial charge in [-0.1, -0.05) is 0 Å². The van der Waals surface area contributed by atoms with Crippen LogP contribution in [0, 0.1) is 6.92 Å². The van der Waals surface area contributed by atoms with Crippen LogP contribution in [0.2, 0.25) is 0 Å². The predicted octanol–water partition coefficient (Wildman–Crippen LogP) is 3.34. The van der Waals surface area contributed by atoms with Gasteiger partial charge in [0.2, 0.25) is 0 Å². The molecule has 2 aromatic rings. The van der Waals surface area contributed by atoms with E-state index in [9.17, 15) is 4.79 Å². The summed E-state index contributed by atoms with van der Waals surface area (Å²) in [4.78, 5) is 14.8. The first-order valence-corrected chi connectivity index (χ1v) is 9.72. The minimum atomic E-state index is -0.362. The fourth-order valence-corrected chi connectivity index (χ4v) is 3.72. The number of fused-ring (bicyclic) bond motifs is 1. The van der Waals surface area contributed by atoms with E-state index < -0.39 is 0 Å². The molecule has 1 aromatic heterocycles. The van der Waals surface area contributed by atoms with E-state index in [0.29, 0.717) is 30.2 Å². The van der Waals surface area contributed by atoms with Crippen LogP contribution in [0.4, 0.5) is 0 Å². The fraction of sp³-hybridized carbons (Fsp3) is 0.500. The number of rotatable bonds is 8. The van der Waals surface area contributed by atoms with E-state index in [1.54, 1.807) is 20.3 Å².